The maximum absolute atomic E-state index is 11.3. The Labute approximate surface area is 110 Å². The van der Waals surface area contributed by atoms with Gasteiger partial charge in [0.25, 0.3) is 20.2 Å². The van der Waals surface area contributed by atoms with Crippen LogP contribution in [0.3, 0.4) is 0 Å². The van der Waals surface area contributed by atoms with Gasteiger partial charge in [0.1, 0.15) is 9.79 Å². The smallest absolute Gasteiger partial charge is 0.282 e. The van der Waals surface area contributed by atoms with Gasteiger partial charge in [0.2, 0.25) is 0 Å². The Hall–Kier alpha value is -1.48. The van der Waals surface area contributed by atoms with Crippen LogP contribution in [0.5, 0.6) is 0 Å². The van der Waals surface area contributed by atoms with Crippen molar-refractivity contribution in [3.63, 3.8) is 0 Å². The average Bonchev–Trinajstić information content (AvgIpc) is 2.24. The Kier molecular flexibility index (Phi) is 3.13. The summed E-state index contributed by atoms with van der Waals surface area (Å²) >= 11 is 0. The SMILES string of the molecule is Cc1cc(S(=O)(=O)O)c2cccc(S(=O)(=O)O)c2c1. The first-order valence-electron chi connectivity index (χ1n) is 5.09. The van der Waals surface area contributed by atoms with Crippen molar-refractivity contribution in [3.05, 3.63) is 35.9 Å². The number of hydrogen-bond acceptors (Lipinski definition) is 4. The minimum Gasteiger partial charge on any atom is -0.282 e. The number of benzene rings is 2. The topological polar surface area (TPSA) is 109 Å². The van der Waals surface area contributed by atoms with E-state index in [1.165, 1.54) is 24.3 Å². The summed E-state index contributed by atoms with van der Waals surface area (Å²) in [5.74, 6) is 0. The highest BCUT2D eigenvalue weighted by Gasteiger charge is 2.20. The molecule has 8 heteroatoms. The molecule has 0 radical (unpaired) electrons. The summed E-state index contributed by atoms with van der Waals surface area (Å²) in [4.78, 5) is -0.799. The largest absolute Gasteiger partial charge is 0.295 e. The molecule has 102 valence electrons. The highest BCUT2D eigenvalue weighted by atomic mass is 32.2. The van der Waals surface area contributed by atoms with Gasteiger partial charge in [-0.2, -0.15) is 16.8 Å². The molecule has 0 spiro atoms. The zero-order chi connectivity index (χ0) is 14.4. The monoisotopic (exact) mass is 302 g/mol. The molecule has 0 fully saturated rings. The minimum absolute atomic E-state index is 0.0308. The molecule has 2 rings (SSSR count). The van der Waals surface area contributed by atoms with Gasteiger partial charge in [-0.25, -0.2) is 0 Å². The van der Waals surface area contributed by atoms with Crippen molar-refractivity contribution in [2.75, 3.05) is 0 Å². The molecule has 0 atom stereocenters. The fourth-order valence-electron chi connectivity index (χ4n) is 1.90. The van der Waals surface area contributed by atoms with E-state index in [0.29, 0.717) is 5.56 Å². The molecule has 2 N–H and O–H groups in total. The summed E-state index contributed by atoms with van der Waals surface area (Å²) in [6.45, 7) is 1.55. The van der Waals surface area contributed by atoms with E-state index < -0.39 is 30.0 Å². The average molecular weight is 302 g/mol. The van der Waals surface area contributed by atoms with Gasteiger partial charge in [0.05, 0.1) is 0 Å². The third-order valence-corrected chi connectivity index (χ3v) is 4.42. The molecule has 0 saturated carbocycles. The van der Waals surface area contributed by atoms with Gasteiger partial charge in [0.15, 0.2) is 0 Å². The molecular weight excluding hydrogens is 292 g/mol. The number of aryl methyl sites for hydroxylation is 1. The van der Waals surface area contributed by atoms with Crippen LogP contribution in [0, 0.1) is 6.92 Å². The molecular formula is C11H10O6S2. The number of fused-ring (bicyclic) bond motifs is 1. The first-order chi connectivity index (χ1) is 8.60. The van der Waals surface area contributed by atoms with Crippen molar-refractivity contribution < 1.29 is 25.9 Å². The number of hydrogen-bond donors (Lipinski definition) is 2. The van der Waals surface area contributed by atoms with E-state index in [0.717, 1.165) is 6.07 Å². The van der Waals surface area contributed by atoms with Crippen LogP contribution in [0.15, 0.2) is 40.1 Å². The summed E-state index contributed by atoms with van der Waals surface area (Å²) < 4.78 is 63.4. The zero-order valence-electron chi connectivity index (χ0n) is 9.73. The fraction of sp³-hybridized carbons (Fsp3) is 0.0909. The van der Waals surface area contributed by atoms with Crippen LogP contribution in [0.2, 0.25) is 0 Å². The third kappa shape index (κ3) is 2.61. The maximum atomic E-state index is 11.3. The molecule has 0 heterocycles. The standard InChI is InChI=1S/C11H10O6S2/c1-7-5-9-8(11(6-7)19(15,16)17)3-2-4-10(9)18(12,13)14/h2-6H,1H3,(H,12,13,14)(H,15,16,17). The van der Waals surface area contributed by atoms with Crippen molar-refractivity contribution in [2.45, 2.75) is 16.7 Å². The van der Waals surface area contributed by atoms with Crippen molar-refractivity contribution in [3.8, 4) is 0 Å². The second-order valence-corrected chi connectivity index (χ2v) is 6.84. The van der Waals surface area contributed by atoms with E-state index in [1.54, 1.807) is 6.92 Å². The van der Waals surface area contributed by atoms with Crippen LogP contribution in [0.1, 0.15) is 5.56 Å². The molecule has 0 bridgehead atoms. The quantitative estimate of drug-likeness (QED) is 0.816. The van der Waals surface area contributed by atoms with Crippen molar-refractivity contribution in [2.24, 2.45) is 0 Å². The first kappa shape index (κ1) is 13.9. The summed E-state index contributed by atoms with van der Waals surface area (Å²) in [7, 11) is -8.98. The summed E-state index contributed by atoms with van der Waals surface area (Å²) in [5.41, 5.74) is 0.441. The van der Waals surface area contributed by atoms with E-state index in [1.807, 2.05) is 0 Å². The van der Waals surface area contributed by atoms with Gasteiger partial charge >= 0.3 is 0 Å². The molecule has 0 aliphatic heterocycles. The lowest BCUT2D eigenvalue weighted by molar-refractivity contribution is 0.481. The van der Waals surface area contributed by atoms with Crippen LogP contribution in [0.25, 0.3) is 10.8 Å². The second-order valence-electron chi connectivity index (χ2n) is 4.06. The van der Waals surface area contributed by atoms with Crippen LogP contribution in [-0.4, -0.2) is 25.9 Å². The van der Waals surface area contributed by atoms with Crippen LogP contribution >= 0.6 is 0 Å². The van der Waals surface area contributed by atoms with E-state index in [2.05, 4.69) is 0 Å². The van der Waals surface area contributed by atoms with E-state index >= 15 is 0 Å². The molecule has 2 aromatic carbocycles. The molecule has 0 aliphatic carbocycles. The summed E-state index contributed by atoms with van der Waals surface area (Å²) in [5, 5.41) is 0.0702. The number of rotatable bonds is 2. The maximum Gasteiger partial charge on any atom is 0.295 e. The molecule has 19 heavy (non-hydrogen) atoms. The lowest BCUT2D eigenvalue weighted by atomic mass is 10.1. The van der Waals surface area contributed by atoms with E-state index in [9.17, 15) is 16.8 Å². The van der Waals surface area contributed by atoms with Crippen molar-refractivity contribution in [1.29, 1.82) is 0 Å². The Morgan fingerprint density at radius 3 is 1.95 bits per heavy atom. The molecule has 0 amide bonds. The Morgan fingerprint density at radius 2 is 1.42 bits per heavy atom. The van der Waals surface area contributed by atoms with Gasteiger partial charge in [-0.3, -0.25) is 9.11 Å². The Morgan fingerprint density at radius 1 is 0.842 bits per heavy atom. The van der Waals surface area contributed by atoms with E-state index in [4.69, 9.17) is 9.11 Å². The Balaban J connectivity index is 3.07. The molecule has 2 aromatic rings. The van der Waals surface area contributed by atoms with Crippen LogP contribution in [0.4, 0.5) is 0 Å². The predicted octanol–water partition coefficient (Wildman–Crippen LogP) is 1.64. The fourth-order valence-corrected chi connectivity index (χ4v) is 3.39. The molecule has 0 saturated heterocycles. The summed E-state index contributed by atoms with van der Waals surface area (Å²) in [6.07, 6.45) is 0. The zero-order valence-corrected chi connectivity index (χ0v) is 11.4. The van der Waals surface area contributed by atoms with Gasteiger partial charge in [-0.1, -0.05) is 12.1 Å². The van der Waals surface area contributed by atoms with Crippen LogP contribution < -0.4 is 0 Å². The predicted molar refractivity (Wildman–Crippen MR) is 68.3 cm³/mol. The third-order valence-electron chi connectivity index (χ3n) is 2.62. The molecule has 0 aromatic heterocycles. The van der Waals surface area contributed by atoms with Crippen LogP contribution in [-0.2, 0) is 20.2 Å². The minimum atomic E-state index is -4.49. The molecule has 6 nitrogen and oxygen atoms in total. The first-order valence-corrected chi connectivity index (χ1v) is 7.97. The van der Waals surface area contributed by atoms with Gasteiger partial charge < -0.3 is 0 Å². The highest BCUT2D eigenvalue weighted by molar-refractivity contribution is 7.86. The van der Waals surface area contributed by atoms with Gasteiger partial charge in [0, 0.05) is 10.8 Å². The normalized spacial score (nSPS) is 12.8. The highest BCUT2D eigenvalue weighted by Crippen LogP contribution is 2.29. The lowest BCUT2D eigenvalue weighted by Gasteiger charge is -2.08. The molecule has 0 unspecified atom stereocenters. The van der Waals surface area contributed by atoms with Crippen molar-refractivity contribution in [1.82, 2.24) is 0 Å². The lowest BCUT2D eigenvalue weighted by Crippen LogP contribution is -2.03. The van der Waals surface area contributed by atoms with Crippen molar-refractivity contribution >= 4 is 31.0 Å². The summed E-state index contributed by atoms with van der Waals surface area (Å²) in [6, 6.07) is 6.45. The second kappa shape index (κ2) is 4.27. The molecule has 0 aliphatic rings. The Bertz CT molecular complexity index is 865. The van der Waals surface area contributed by atoms with E-state index in [-0.39, 0.29) is 10.8 Å². The van der Waals surface area contributed by atoms with Gasteiger partial charge in [-0.05, 0) is 30.7 Å². The van der Waals surface area contributed by atoms with Gasteiger partial charge in [-0.15, -0.1) is 0 Å².